The van der Waals surface area contributed by atoms with Gasteiger partial charge in [0, 0.05) is 5.69 Å². The summed E-state index contributed by atoms with van der Waals surface area (Å²) in [6.07, 6.45) is -0.710. The van der Waals surface area contributed by atoms with Gasteiger partial charge in [0.1, 0.15) is 6.10 Å². The highest BCUT2D eigenvalue weighted by atomic mass is 32.1. The number of benzene rings is 1. The number of anilines is 1. The van der Waals surface area contributed by atoms with Crippen LogP contribution in [0.1, 0.15) is 9.67 Å². The summed E-state index contributed by atoms with van der Waals surface area (Å²) >= 11 is 1.38. The standard InChI is InChI=1S/C15H14N2O3S/c18-14(13-7-4-8-21-13)16-9-12-10-17(15(19)20-12)11-5-2-1-3-6-11/h1-8,12H,9-10H2,(H,16,18). The average molecular weight is 302 g/mol. The molecule has 1 aliphatic heterocycles. The maximum absolute atomic E-state index is 11.9. The van der Waals surface area contributed by atoms with E-state index in [0.717, 1.165) is 5.69 Å². The number of ether oxygens (including phenoxy) is 1. The monoisotopic (exact) mass is 302 g/mol. The fourth-order valence-corrected chi connectivity index (χ4v) is 2.79. The molecule has 3 rings (SSSR count). The van der Waals surface area contributed by atoms with Gasteiger partial charge in [-0.1, -0.05) is 24.3 Å². The SMILES string of the molecule is O=C(NCC1CN(c2ccccc2)C(=O)O1)c1cccs1. The third-order valence-corrected chi connectivity index (χ3v) is 4.05. The van der Waals surface area contributed by atoms with E-state index in [0.29, 0.717) is 18.0 Å². The molecule has 0 saturated carbocycles. The van der Waals surface area contributed by atoms with Gasteiger partial charge in [0.25, 0.3) is 5.91 Å². The van der Waals surface area contributed by atoms with E-state index in [1.165, 1.54) is 11.3 Å². The van der Waals surface area contributed by atoms with Crippen molar-refractivity contribution in [3.8, 4) is 0 Å². The van der Waals surface area contributed by atoms with E-state index in [9.17, 15) is 9.59 Å². The minimum Gasteiger partial charge on any atom is -0.442 e. The van der Waals surface area contributed by atoms with E-state index in [1.807, 2.05) is 41.8 Å². The van der Waals surface area contributed by atoms with Gasteiger partial charge in [0.15, 0.2) is 0 Å². The summed E-state index contributed by atoms with van der Waals surface area (Å²) in [5, 5.41) is 4.64. The lowest BCUT2D eigenvalue weighted by molar-refractivity contribution is 0.0920. The first-order valence-corrected chi connectivity index (χ1v) is 7.47. The Morgan fingerprint density at radius 3 is 2.81 bits per heavy atom. The van der Waals surface area contributed by atoms with Crippen molar-refractivity contribution in [1.29, 1.82) is 0 Å². The Kier molecular flexibility index (Phi) is 3.87. The first-order chi connectivity index (χ1) is 10.2. The van der Waals surface area contributed by atoms with Crippen LogP contribution in [0.15, 0.2) is 47.8 Å². The number of hydrogen-bond donors (Lipinski definition) is 1. The second-order valence-corrected chi connectivity index (χ2v) is 5.59. The van der Waals surface area contributed by atoms with E-state index < -0.39 is 0 Å². The van der Waals surface area contributed by atoms with Crippen LogP contribution in [0.2, 0.25) is 0 Å². The van der Waals surface area contributed by atoms with Gasteiger partial charge in [0.2, 0.25) is 0 Å². The molecular formula is C15H14N2O3S. The maximum atomic E-state index is 11.9. The van der Waals surface area contributed by atoms with E-state index in [4.69, 9.17) is 4.74 Å². The molecule has 2 amide bonds. The van der Waals surface area contributed by atoms with Crippen molar-refractivity contribution in [2.45, 2.75) is 6.10 Å². The Labute approximate surface area is 126 Å². The van der Waals surface area contributed by atoms with Crippen LogP contribution in [0, 0.1) is 0 Å². The summed E-state index contributed by atoms with van der Waals surface area (Å²) in [6, 6.07) is 12.9. The molecule has 1 saturated heterocycles. The van der Waals surface area contributed by atoms with Crippen LogP contribution < -0.4 is 10.2 Å². The zero-order valence-corrected chi connectivity index (χ0v) is 12.0. The van der Waals surface area contributed by atoms with E-state index in [2.05, 4.69) is 5.32 Å². The summed E-state index contributed by atoms with van der Waals surface area (Å²) in [5.41, 5.74) is 0.801. The highest BCUT2D eigenvalue weighted by molar-refractivity contribution is 7.12. The summed E-state index contributed by atoms with van der Waals surface area (Å²) in [7, 11) is 0. The molecule has 21 heavy (non-hydrogen) atoms. The van der Waals surface area contributed by atoms with Crippen LogP contribution in [0.3, 0.4) is 0 Å². The molecule has 0 spiro atoms. The fraction of sp³-hybridized carbons (Fsp3) is 0.200. The topological polar surface area (TPSA) is 58.6 Å². The molecule has 1 aliphatic rings. The van der Waals surface area contributed by atoms with Crippen molar-refractivity contribution < 1.29 is 14.3 Å². The van der Waals surface area contributed by atoms with Gasteiger partial charge >= 0.3 is 6.09 Å². The second kappa shape index (κ2) is 5.97. The zero-order chi connectivity index (χ0) is 14.7. The molecule has 1 unspecified atom stereocenters. The Morgan fingerprint density at radius 2 is 2.10 bits per heavy atom. The van der Waals surface area contributed by atoms with Gasteiger partial charge < -0.3 is 10.1 Å². The zero-order valence-electron chi connectivity index (χ0n) is 11.2. The molecule has 0 bridgehead atoms. The lowest BCUT2D eigenvalue weighted by atomic mass is 10.2. The second-order valence-electron chi connectivity index (χ2n) is 4.64. The molecule has 1 fully saturated rings. The molecule has 6 heteroatoms. The number of carbonyl (C=O) groups excluding carboxylic acids is 2. The molecule has 5 nitrogen and oxygen atoms in total. The highest BCUT2D eigenvalue weighted by Gasteiger charge is 2.32. The quantitative estimate of drug-likeness (QED) is 0.944. The summed E-state index contributed by atoms with van der Waals surface area (Å²) < 4.78 is 5.27. The van der Waals surface area contributed by atoms with Crippen LogP contribution in [-0.4, -0.2) is 31.2 Å². The largest absolute Gasteiger partial charge is 0.442 e. The van der Waals surface area contributed by atoms with Gasteiger partial charge in [-0.25, -0.2) is 4.79 Å². The highest BCUT2D eigenvalue weighted by Crippen LogP contribution is 2.20. The summed E-state index contributed by atoms with van der Waals surface area (Å²) in [4.78, 5) is 25.9. The van der Waals surface area contributed by atoms with Crippen molar-refractivity contribution in [2.24, 2.45) is 0 Å². The summed E-state index contributed by atoms with van der Waals surface area (Å²) in [5.74, 6) is -0.140. The first-order valence-electron chi connectivity index (χ1n) is 6.59. The van der Waals surface area contributed by atoms with E-state index >= 15 is 0 Å². The average Bonchev–Trinajstić information content (AvgIpc) is 3.15. The number of thiophene rings is 1. The van der Waals surface area contributed by atoms with Gasteiger partial charge in [-0.2, -0.15) is 0 Å². The smallest absolute Gasteiger partial charge is 0.414 e. The lowest BCUT2D eigenvalue weighted by Gasteiger charge is -2.12. The van der Waals surface area contributed by atoms with Gasteiger partial charge in [-0.05, 0) is 23.6 Å². The number of hydrogen-bond acceptors (Lipinski definition) is 4. The van der Waals surface area contributed by atoms with Crippen molar-refractivity contribution in [2.75, 3.05) is 18.0 Å². The van der Waals surface area contributed by atoms with Crippen molar-refractivity contribution in [3.05, 3.63) is 52.7 Å². The Morgan fingerprint density at radius 1 is 1.29 bits per heavy atom. The third kappa shape index (κ3) is 3.05. The summed E-state index contributed by atoms with van der Waals surface area (Å²) in [6.45, 7) is 0.749. The molecule has 1 atom stereocenters. The van der Waals surface area contributed by atoms with Crippen molar-refractivity contribution in [1.82, 2.24) is 5.32 Å². The minimum absolute atomic E-state index is 0.140. The molecule has 1 aromatic carbocycles. The number of nitrogens with zero attached hydrogens (tertiary/aromatic N) is 1. The Hall–Kier alpha value is -2.34. The Balaban J connectivity index is 1.57. The van der Waals surface area contributed by atoms with E-state index in [1.54, 1.807) is 11.0 Å². The van der Waals surface area contributed by atoms with Crippen LogP contribution in [0.4, 0.5) is 10.5 Å². The molecule has 0 aliphatic carbocycles. The predicted molar refractivity (Wildman–Crippen MR) is 80.7 cm³/mol. The maximum Gasteiger partial charge on any atom is 0.414 e. The number of carbonyl (C=O) groups is 2. The molecule has 2 aromatic rings. The van der Waals surface area contributed by atoms with Crippen LogP contribution >= 0.6 is 11.3 Å². The molecule has 1 aromatic heterocycles. The molecule has 0 radical (unpaired) electrons. The molecular weight excluding hydrogens is 288 g/mol. The minimum atomic E-state index is -0.378. The number of amides is 2. The predicted octanol–water partition coefficient (Wildman–Crippen LogP) is 2.50. The fourth-order valence-electron chi connectivity index (χ4n) is 2.15. The third-order valence-electron chi connectivity index (χ3n) is 3.18. The number of cyclic esters (lactones) is 1. The van der Waals surface area contributed by atoms with Crippen molar-refractivity contribution in [3.63, 3.8) is 0 Å². The van der Waals surface area contributed by atoms with Gasteiger partial charge in [0.05, 0.1) is 18.0 Å². The van der Waals surface area contributed by atoms with Gasteiger partial charge in [-0.15, -0.1) is 11.3 Å². The van der Waals surface area contributed by atoms with Crippen LogP contribution in [-0.2, 0) is 4.74 Å². The number of para-hydroxylation sites is 1. The number of rotatable bonds is 4. The van der Waals surface area contributed by atoms with Crippen LogP contribution in [0.25, 0.3) is 0 Å². The lowest BCUT2D eigenvalue weighted by Crippen LogP contribution is -2.34. The molecule has 108 valence electrons. The van der Waals surface area contributed by atoms with Gasteiger partial charge in [-0.3, -0.25) is 9.69 Å². The Bertz CT molecular complexity index is 628. The molecule has 1 N–H and O–H groups in total. The van der Waals surface area contributed by atoms with Crippen LogP contribution in [0.5, 0.6) is 0 Å². The normalized spacial score (nSPS) is 17.6. The van der Waals surface area contributed by atoms with Crippen molar-refractivity contribution >= 4 is 29.0 Å². The molecule has 2 heterocycles. The van der Waals surface area contributed by atoms with E-state index in [-0.39, 0.29) is 18.1 Å². The number of nitrogens with one attached hydrogen (secondary N) is 1. The first kappa shape index (κ1) is 13.6.